The van der Waals surface area contributed by atoms with Gasteiger partial charge in [0, 0.05) is 5.92 Å². The van der Waals surface area contributed by atoms with Crippen molar-refractivity contribution in [2.75, 3.05) is 6.54 Å². The summed E-state index contributed by atoms with van der Waals surface area (Å²) in [6, 6.07) is 10.7. The van der Waals surface area contributed by atoms with Crippen LogP contribution < -0.4 is 11.1 Å². The molecule has 0 radical (unpaired) electrons. The van der Waals surface area contributed by atoms with Gasteiger partial charge in [0.05, 0.1) is 6.04 Å². The SMILES string of the molecule is NC[C@H]1CCC[C@H]1C(=O)NC(c1ccccc1)C1CCCC1. The normalized spacial score (nSPS) is 27.0. The van der Waals surface area contributed by atoms with Gasteiger partial charge < -0.3 is 11.1 Å². The first-order valence-corrected chi connectivity index (χ1v) is 8.85. The lowest BCUT2D eigenvalue weighted by Gasteiger charge is -2.28. The van der Waals surface area contributed by atoms with Crippen molar-refractivity contribution < 1.29 is 4.79 Å². The molecule has 1 aromatic rings. The van der Waals surface area contributed by atoms with Crippen LogP contribution in [0.1, 0.15) is 56.6 Å². The minimum absolute atomic E-state index is 0.123. The Bertz CT molecular complexity index is 481. The highest BCUT2D eigenvalue weighted by Crippen LogP contribution is 2.37. The van der Waals surface area contributed by atoms with Gasteiger partial charge in [0.15, 0.2) is 0 Å². The number of nitrogens with two attached hydrogens (primary N) is 1. The van der Waals surface area contributed by atoms with Gasteiger partial charge in [-0.05, 0) is 49.6 Å². The molecule has 2 saturated carbocycles. The van der Waals surface area contributed by atoms with E-state index in [0.717, 1.165) is 19.3 Å². The third kappa shape index (κ3) is 3.35. The Kier molecular flexibility index (Phi) is 5.14. The number of amides is 1. The van der Waals surface area contributed by atoms with E-state index in [1.54, 1.807) is 0 Å². The quantitative estimate of drug-likeness (QED) is 0.875. The number of carbonyl (C=O) groups excluding carboxylic acids is 1. The van der Waals surface area contributed by atoms with Gasteiger partial charge in [-0.15, -0.1) is 0 Å². The summed E-state index contributed by atoms with van der Waals surface area (Å²) in [4.78, 5) is 12.8. The van der Waals surface area contributed by atoms with Crippen LogP contribution in [0.2, 0.25) is 0 Å². The standard InChI is InChI=1S/C19H28N2O/c20-13-16-11-6-12-17(16)19(22)21-18(15-9-4-5-10-15)14-7-2-1-3-8-14/h1-3,7-8,15-18H,4-6,9-13,20H2,(H,21,22)/t16-,17-,18?/m1/s1. The highest BCUT2D eigenvalue weighted by Gasteiger charge is 2.35. The number of carbonyl (C=O) groups is 1. The van der Waals surface area contributed by atoms with Crippen molar-refractivity contribution in [3.05, 3.63) is 35.9 Å². The van der Waals surface area contributed by atoms with Gasteiger partial charge in [0.1, 0.15) is 0 Å². The van der Waals surface area contributed by atoms with E-state index in [-0.39, 0.29) is 17.9 Å². The van der Waals surface area contributed by atoms with Crippen molar-refractivity contribution in [2.24, 2.45) is 23.5 Å². The molecule has 3 rings (SSSR count). The lowest BCUT2D eigenvalue weighted by atomic mass is 9.89. The summed E-state index contributed by atoms with van der Waals surface area (Å²) in [5.74, 6) is 1.32. The van der Waals surface area contributed by atoms with E-state index in [2.05, 4.69) is 29.6 Å². The lowest BCUT2D eigenvalue weighted by Crippen LogP contribution is -2.39. The molecule has 3 heteroatoms. The summed E-state index contributed by atoms with van der Waals surface area (Å²) in [6.45, 7) is 0.636. The second kappa shape index (κ2) is 7.28. The van der Waals surface area contributed by atoms with Gasteiger partial charge in [-0.3, -0.25) is 4.79 Å². The Balaban J connectivity index is 1.73. The van der Waals surface area contributed by atoms with Gasteiger partial charge in [0.2, 0.25) is 5.91 Å². The number of benzene rings is 1. The molecule has 0 aromatic heterocycles. The number of hydrogen-bond donors (Lipinski definition) is 2. The van der Waals surface area contributed by atoms with Gasteiger partial charge >= 0.3 is 0 Å². The fourth-order valence-electron chi connectivity index (χ4n) is 4.35. The molecule has 3 atom stereocenters. The van der Waals surface area contributed by atoms with Gasteiger partial charge in [0.25, 0.3) is 0 Å². The second-order valence-corrected chi connectivity index (χ2v) is 6.97. The maximum absolute atomic E-state index is 12.8. The maximum atomic E-state index is 12.8. The third-order valence-corrected chi connectivity index (χ3v) is 5.63. The van der Waals surface area contributed by atoms with Crippen LogP contribution in [0.3, 0.4) is 0 Å². The van der Waals surface area contributed by atoms with Gasteiger partial charge in [-0.1, -0.05) is 49.6 Å². The molecule has 1 aromatic carbocycles. The molecule has 0 aliphatic heterocycles. The predicted molar refractivity (Wildman–Crippen MR) is 89.2 cm³/mol. The molecule has 120 valence electrons. The topological polar surface area (TPSA) is 55.1 Å². The molecule has 3 N–H and O–H groups in total. The number of rotatable bonds is 5. The Morgan fingerprint density at radius 2 is 1.82 bits per heavy atom. The zero-order chi connectivity index (χ0) is 15.4. The molecule has 0 saturated heterocycles. The van der Waals surface area contributed by atoms with Crippen LogP contribution >= 0.6 is 0 Å². The van der Waals surface area contributed by atoms with Crippen LogP contribution in [0.25, 0.3) is 0 Å². The Labute approximate surface area is 133 Å². The molecule has 2 fully saturated rings. The van der Waals surface area contributed by atoms with Crippen LogP contribution in [0, 0.1) is 17.8 Å². The first-order valence-electron chi connectivity index (χ1n) is 8.85. The van der Waals surface area contributed by atoms with E-state index in [0.29, 0.717) is 18.4 Å². The number of hydrogen-bond acceptors (Lipinski definition) is 2. The molecule has 22 heavy (non-hydrogen) atoms. The smallest absolute Gasteiger partial charge is 0.223 e. The Morgan fingerprint density at radius 3 is 2.50 bits per heavy atom. The van der Waals surface area contributed by atoms with Gasteiger partial charge in [-0.2, -0.15) is 0 Å². The average Bonchev–Trinajstić information content (AvgIpc) is 3.24. The summed E-state index contributed by atoms with van der Waals surface area (Å²) in [7, 11) is 0. The van der Waals surface area contributed by atoms with E-state index < -0.39 is 0 Å². The first kappa shape index (κ1) is 15.5. The summed E-state index contributed by atoms with van der Waals surface area (Å²) in [6.07, 6.45) is 8.28. The molecule has 0 spiro atoms. The minimum atomic E-state index is 0.123. The van der Waals surface area contributed by atoms with Crippen LogP contribution in [-0.2, 0) is 4.79 Å². The van der Waals surface area contributed by atoms with Crippen LogP contribution in [0.4, 0.5) is 0 Å². The third-order valence-electron chi connectivity index (χ3n) is 5.63. The minimum Gasteiger partial charge on any atom is -0.349 e. The average molecular weight is 300 g/mol. The lowest BCUT2D eigenvalue weighted by molar-refractivity contribution is -0.127. The highest BCUT2D eigenvalue weighted by molar-refractivity contribution is 5.79. The largest absolute Gasteiger partial charge is 0.349 e. The van der Waals surface area contributed by atoms with E-state index in [4.69, 9.17) is 5.73 Å². The van der Waals surface area contributed by atoms with Crippen LogP contribution in [-0.4, -0.2) is 12.5 Å². The summed E-state index contributed by atoms with van der Waals surface area (Å²) in [5.41, 5.74) is 7.10. The summed E-state index contributed by atoms with van der Waals surface area (Å²) < 4.78 is 0. The van der Waals surface area contributed by atoms with Crippen molar-refractivity contribution in [3.63, 3.8) is 0 Å². The molecule has 2 aliphatic rings. The van der Waals surface area contributed by atoms with E-state index >= 15 is 0 Å². The zero-order valence-corrected chi connectivity index (χ0v) is 13.3. The Morgan fingerprint density at radius 1 is 1.09 bits per heavy atom. The molecule has 3 nitrogen and oxygen atoms in total. The molecular weight excluding hydrogens is 272 g/mol. The molecule has 0 heterocycles. The Hall–Kier alpha value is -1.35. The summed E-state index contributed by atoms with van der Waals surface area (Å²) in [5, 5.41) is 3.39. The molecule has 1 unspecified atom stereocenters. The van der Waals surface area contributed by atoms with Gasteiger partial charge in [-0.25, -0.2) is 0 Å². The van der Waals surface area contributed by atoms with E-state index in [1.807, 2.05) is 6.07 Å². The first-order chi connectivity index (χ1) is 10.8. The fraction of sp³-hybridized carbons (Fsp3) is 0.632. The summed E-state index contributed by atoms with van der Waals surface area (Å²) >= 11 is 0. The van der Waals surface area contributed by atoms with Crippen molar-refractivity contribution in [2.45, 2.75) is 51.0 Å². The van der Waals surface area contributed by atoms with Crippen molar-refractivity contribution in [3.8, 4) is 0 Å². The fourth-order valence-corrected chi connectivity index (χ4v) is 4.35. The van der Waals surface area contributed by atoms with Crippen LogP contribution in [0.15, 0.2) is 30.3 Å². The van der Waals surface area contributed by atoms with E-state index in [9.17, 15) is 4.79 Å². The number of nitrogens with one attached hydrogen (secondary N) is 1. The molecular formula is C19H28N2O. The maximum Gasteiger partial charge on any atom is 0.223 e. The monoisotopic (exact) mass is 300 g/mol. The molecule has 2 aliphatic carbocycles. The van der Waals surface area contributed by atoms with Crippen molar-refractivity contribution in [1.29, 1.82) is 0 Å². The predicted octanol–water partition coefficient (Wildman–Crippen LogP) is 3.41. The second-order valence-electron chi connectivity index (χ2n) is 6.97. The van der Waals surface area contributed by atoms with Crippen molar-refractivity contribution >= 4 is 5.91 Å². The van der Waals surface area contributed by atoms with E-state index in [1.165, 1.54) is 31.2 Å². The zero-order valence-electron chi connectivity index (χ0n) is 13.3. The van der Waals surface area contributed by atoms with Crippen molar-refractivity contribution in [1.82, 2.24) is 5.32 Å². The highest BCUT2D eigenvalue weighted by atomic mass is 16.2. The molecule has 1 amide bonds. The molecule has 0 bridgehead atoms. The van der Waals surface area contributed by atoms with Crippen LogP contribution in [0.5, 0.6) is 0 Å².